The van der Waals surface area contributed by atoms with E-state index in [9.17, 15) is 10.2 Å². The molecule has 2 unspecified atom stereocenters. The number of aromatic nitrogens is 2. The minimum absolute atomic E-state index is 0.0172. The van der Waals surface area contributed by atoms with Crippen molar-refractivity contribution in [2.75, 3.05) is 6.61 Å². The van der Waals surface area contributed by atoms with Gasteiger partial charge < -0.3 is 20.1 Å². The number of hydrogen-bond donors (Lipinski definition) is 3. The van der Waals surface area contributed by atoms with Crippen molar-refractivity contribution in [1.29, 1.82) is 0 Å². The van der Waals surface area contributed by atoms with Crippen LogP contribution in [-0.4, -0.2) is 38.0 Å². The molecule has 1 aromatic carbocycles. The second kappa shape index (κ2) is 5.52. The number of benzene rings is 1. The van der Waals surface area contributed by atoms with Crippen molar-refractivity contribution in [3.63, 3.8) is 0 Å². The molecule has 5 heteroatoms. The van der Waals surface area contributed by atoms with Gasteiger partial charge in [-0.1, -0.05) is 6.07 Å². The van der Waals surface area contributed by atoms with Crippen LogP contribution in [0.3, 0.4) is 0 Å². The largest absolute Gasteiger partial charge is 0.394 e. The Labute approximate surface area is 119 Å². The first-order valence-corrected chi connectivity index (χ1v) is 6.81. The van der Waals surface area contributed by atoms with Gasteiger partial charge in [0.2, 0.25) is 0 Å². The lowest BCUT2D eigenvalue weighted by Gasteiger charge is -2.31. The molecule has 0 spiro atoms. The van der Waals surface area contributed by atoms with Crippen LogP contribution in [0.15, 0.2) is 24.5 Å². The summed E-state index contributed by atoms with van der Waals surface area (Å²) in [6.45, 7) is 5.73. The lowest BCUT2D eigenvalue weighted by atomic mass is 9.99. The topological polar surface area (TPSA) is 70.3 Å². The molecule has 0 aliphatic rings. The standard InChI is InChI=1S/C15H23N3O2/c1-10(17-15(2,3)8-19)14(20)11-5-6-13-12(7-11)16-9-18(13)4/h5-7,9-10,14,17,19-20H,8H2,1-4H3. The molecule has 0 saturated carbocycles. The van der Waals surface area contributed by atoms with Crippen LogP contribution in [0.1, 0.15) is 32.4 Å². The molecule has 0 bridgehead atoms. The number of hydrogen-bond acceptors (Lipinski definition) is 4. The van der Waals surface area contributed by atoms with Crippen molar-refractivity contribution in [3.8, 4) is 0 Å². The molecule has 20 heavy (non-hydrogen) atoms. The molecule has 0 aliphatic heterocycles. The molecule has 0 fully saturated rings. The smallest absolute Gasteiger partial charge is 0.0955 e. The highest BCUT2D eigenvalue weighted by atomic mass is 16.3. The fraction of sp³-hybridized carbons (Fsp3) is 0.533. The van der Waals surface area contributed by atoms with Gasteiger partial charge in [-0.15, -0.1) is 0 Å². The number of fused-ring (bicyclic) bond motifs is 1. The van der Waals surface area contributed by atoms with Crippen LogP contribution in [-0.2, 0) is 7.05 Å². The van der Waals surface area contributed by atoms with Crippen molar-refractivity contribution >= 4 is 11.0 Å². The van der Waals surface area contributed by atoms with Crippen LogP contribution in [0, 0.1) is 0 Å². The van der Waals surface area contributed by atoms with E-state index >= 15 is 0 Å². The normalized spacial score (nSPS) is 15.5. The molecule has 0 radical (unpaired) electrons. The van der Waals surface area contributed by atoms with Gasteiger partial charge in [-0.2, -0.15) is 0 Å². The van der Waals surface area contributed by atoms with Crippen LogP contribution in [0.4, 0.5) is 0 Å². The molecule has 1 aromatic heterocycles. The minimum atomic E-state index is -0.646. The maximum absolute atomic E-state index is 10.4. The Hall–Kier alpha value is -1.43. The highest BCUT2D eigenvalue weighted by molar-refractivity contribution is 5.76. The molecule has 2 rings (SSSR count). The van der Waals surface area contributed by atoms with Gasteiger partial charge >= 0.3 is 0 Å². The average molecular weight is 277 g/mol. The first-order valence-electron chi connectivity index (χ1n) is 6.81. The number of imidazole rings is 1. The van der Waals surface area contributed by atoms with Crippen LogP contribution >= 0.6 is 0 Å². The molecule has 3 N–H and O–H groups in total. The highest BCUT2D eigenvalue weighted by Crippen LogP contribution is 2.22. The quantitative estimate of drug-likeness (QED) is 0.771. The predicted molar refractivity (Wildman–Crippen MR) is 79.4 cm³/mol. The van der Waals surface area contributed by atoms with E-state index in [4.69, 9.17) is 0 Å². The highest BCUT2D eigenvalue weighted by Gasteiger charge is 2.24. The zero-order valence-corrected chi connectivity index (χ0v) is 12.5. The van der Waals surface area contributed by atoms with Crippen LogP contribution in [0.5, 0.6) is 0 Å². The Balaban J connectivity index is 2.20. The molecule has 0 aliphatic carbocycles. The number of nitrogens with one attached hydrogen (secondary N) is 1. The van der Waals surface area contributed by atoms with E-state index < -0.39 is 11.6 Å². The maximum Gasteiger partial charge on any atom is 0.0955 e. The number of aliphatic hydroxyl groups is 2. The lowest BCUT2D eigenvalue weighted by molar-refractivity contribution is 0.0992. The van der Waals surface area contributed by atoms with Crippen LogP contribution in [0.25, 0.3) is 11.0 Å². The Bertz CT molecular complexity index is 592. The number of nitrogens with zero attached hydrogens (tertiary/aromatic N) is 2. The van der Waals surface area contributed by atoms with Crippen LogP contribution in [0.2, 0.25) is 0 Å². The summed E-state index contributed by atoms with van der Waals surface area (Å²) >= 11 is 0. The van der Waals surface area contributed by atoms with Crippen molar-refractivity contribution in [2.45, 2.75) is 38.5 Å². The van der Waals surface area contributed by atoms with Crippen molar-refractivity contribution in [3.05, 3.63) is 30.1 Å². The van der Waals surface area contributed by atoms with Gasteiger partial charge in [0.25, 0.3) is 0 Å². The second-order valence-corrected chi connectivity index (χ2v) is 6.02. The van der Waals surface area contributed by atoms with Gasteiger partial charge in [0.05, 0.1) is 30.1 Å². The minimum Gasteiger partial charge on any atom is -0.394 e. The molecule has 5 nitrogen and oxygen atoms in total. The fourth-order valence-corrected chi connectivity index (χ4v) is 2.37. The van der Waals surface area contributed by atoms with Gasteiger partial charge in [0.1, 0.15) is 0 Å². The summed E-state index contributed by atoms with van der Waals surface area (Å²) in [4.78, 5) is 4.30. The Morgan fingerprint density at radius 3 is 2.75 bits per heavy atom. The van der Waals surface area contributed by atoms with E-state index in [1.807, 2.05) is 50.6 Å². The summed E-state index contributed by atoms with van der Waals surface area (Å²) < 4.78 is 1.95. The van der Waals surface area contributed by atoms with Gasteiger partial charge in [0.15, 0.2) is 0 Å². The molecular weight excluding hydrogens is 254 g/mol. The van der Waals surface area contributed by atoms with E-state index in [1.54, 1.807) is 6.33 Å². The SMILES string of the molecule is CC(NC(C)(C)CO)C(O)c1ccc2c(c1)ncn2C. The second-order valence-electron chi connectivity index (χ2n) is 6.02. The molecule has 0 amide bonds. The van der Waals surface area contributed by atoms with Gasteiger partial charge in [-0.25, -0.2) is 4.98 Å². The lowest BCUT2D eigenvalue weighted by Crippen LogP contribution is -2.49. The van der Waals surface area contributed by atoms with Gasteiger partial charge in [-0.3, -0.25) is 0 Å². The Morgan fingerprint density at radius 1 is 1.40 bits per heavy atom. The zero-order valence-electron chi connectivity index (χ0n) is 12.5. The number of aliphatic hydroxyl groups excluding tert-OH is 2. The maximum atomic E-state index is 10.4. The monoisotopic (exact) mass is 277 g/mol. The third-order valence-electron chi connectivity index (χ3n) is 3.58. The summed E-state index contributed by atoms with van der Waals surface area (Å²) in [6.07, 6.45) is 1.12. The summed E-state index contributed by atoms with van der Waals surface area (Å²) in [5, 5.41) is 22.9. The van der Waals surface area contributed by atoms with E-state index in [1.165, 1.54) is 0 Å². The molecule has 1 heterocycles. The fourth-order valence-electron chi connectivity index (χ4n) is 2.37. The molecular formula is C15H23N3O2. The number of aryl methyl sites for hydroxylation is 1. The summed E-state index contributed by atoms with van der Waals surface area (Å²) in [5.41, 5.74) is 2.31. The van der Waals surface area contributed by atoms with E-state index in [0.717, 1.165) is 16.6 Å². The third kappa shape index (κ3) is 3.00. The van der Waals surface area contributed by atoms with E-state index in [-0.39, 0.29) is 12.6 Å². The zero-order chi connectivity index (χ0) is 14.9. The van der Waals surface area contributed by atoms with Gasteiger partial charge in [-0.05, 0) is 38.5 Å². The summed E-state index contributed by atoms with van der Waals surface area (Å²) in [6, 6.07) is 5.62. The van der Waals surface area contributed by atoms with Gasteiger partial charge in [0, 0.05) is 18.6 Å². The molecule has 2 aromatic rings. The average Bonchev–Trinajstić information content (AvgIpc) is 2.78. The molecule has 2 atom stereocenters. The first-order chi connectivity index (χ1) is 9.34. The summed E-state index contributed by atoms with van der Waals surface area (Å²) in [7, 11) is 1.94. The summed E-state index contributed by atoms with van der Waals surface area (Å²) in [5.74, 6) is 0. The van der Waals surface area contributed by atoms with Crippen molar-refractivity contribution in [1.82, 2.24) is 14.9 Å². The number of rotatable bonds is 5. The predicted octanol–water partition coefficient (Wildman–Crippen LogP) is 1.36. The molecule has 110 valence electrons. The molecule has 0 saturated heterocycles. The Morgan fingerprint density at radius 2 is 2.10 bits per heavy atom. The van der Waals surface area contributed by atoms with Crippen molar-refractivity contribution < 1.29 is 10.2 Å². The van der Waals surface area contributed by atoms with Crippen LogP contribution < -0.4 is 5.32 Å². The first kappa shape index (κ1) is 15.0. The van der Waals surface area contributed by atoms with E-state index in [2.05, 4.69) is 10.3 Å². The van der Waals surface area contributed by atoms with Crippen molar-refractivity contribution in [2.24, 2.45) is 7.05 Å². The Kier molecular flexibility index (Phi) is 4.13. The third-order valence-corrected chi connectivity index (χ3v) is 3.58. The van der Waals surface area contributed by atoms with E-state index in [0.29, 0.717) is 0 Å².